The highest BCUT2D eigenvalue weighted by atomic mass is 79.9. The number of hydrogen-bond acceptors (Lipinski definition) is 3. The Labute approximate surface area is 203 Å². The van der Waals surface area contributed by atoms with Crippen LogP contribution in [0.1, 0.15) is 36.7 Å². The van der Waals surface area contributed by atoms with Gasteiger partial charge in [0.25, 0.3) is 0 Å². The second-order valence-electron chi connectivity index (χ2n) is 7.91. The first kappa shape index (κ1) is 22.6. The van der Waals surface area contributed by atoms with Gasteiger partial charge in [0, 0.05) is 18.5 Å². The standard InChI is InChI=1S/C25H22Br2N2O3/c1-15(2)25-28-21-13-18(8-9-22(21)29(25)14-16-6-4-3-5-7-16)32-24-19(26)10-17(11-20(24)27)12-23(30)31/h3-11,13,15H,12,14H2,1-2H3,(H,30,31). The number of carbonyl (C=O) groups is 1. The molecule has 32 heavy (non-hydrogen) atoms. The fourth-order valence-corrected chi connectivity index (χ4v) is 5.11. The predicted octanol–water partition coefficient (Wildman–Crippen LogP) is 7.15. The van der Waals surface area contributed by atoms with Gasteiger partial charge in [-0.2, -0.15) is 0 Å². The fraction of sp³-hybridized carbons (Fsp3) is 0.200. The summed E-state index contributed by atoms with van der Waals surface area (Å²) < 4.78 is 9.76. The van der Waals surface area contributed by atoms with Gasteiger partial charge < -0.3 is 14.4 Å². The molecule has 0 aliphatic carbocycles. The Morgan fingerprint density at radius 1 is 1.03 bits per heavy atom. The number of carboxylic acid groups (broad SMARTS) is 1. The van der Waals surface area contributed by atoms with E-state index in [1.807, 2.05) is 36.4 Å². The van der Waals surface area contributed by atoms with Crippen LogP contribution in [0, 0.1) is 0 Å². The third-order valence-corrected chi connectivity index (χ3v) is 6.26. The molecule has 1 heterocycles. The molecule has 0 unspecified atom stereocenters. The summed E-state index contributed by atoms with van der Waals surface area (Å²) in [5, 5.41) is 9.04. The van der Waals surface area contributed by atoms with Crippen molar-refractivity contribution in [1.82, 2.24) is 9.55 Å². The molecule has 0 aliphatic rings. The number of halogens is 2. The van der Waals surface area contributed by atoms with Crippen LogP contribution in [0.2, 0.25) is 0 Å². The summed E-state index contributed by atoms with van der Waals surface area (Å²) in [5.41, 5.74) is 3.83. The fourth-order valence-electron chi connectivity index (χ4n) is 3.67. The number of benzene rings is 3. The molecule has 0 fully saturated rings. The molecule has 0 radical (unpaired) electrons. The lowest BCUT2D eigenvalue weighted by Gasteiger charge is -2.13. The SMILES string of the molecule is CC(C)c1nc2cc(Oc3c(Br)cc(CC(=O)O)cc3Br)ccc2n1Cc1ccccc1. The van der Waals surface area contributed by atoms with Crippen molar-refractivity contribution in [3.05, 3.63) is 86.6 Å². The van der Waals surface area contributed by atoms with Crippen molar-refractivity contribution in [2.75, 3.05) is 0 Å². The van der Waals surface area contributed by atoms with Gasteiger partial charge in [0.2, 0.25) is 0 Å². The summed E-state index contributed by atoms with van der Waals surface area (Å²) >= 11 is 7.00. The summed E-state index contributed by atoms with van der Waals surface area (Å²) in [7, 11) is 0. The summed E-state index contributed by atoms with van der Waals surface area (Å²) in [6, 6.07) is 19.8. The molecule has 4 aromatic rings. The van der Waals surface area contributed by atoms with Crippen LogP contribution in [0.3, 0.4) is 0 Å². The minimum Gasteiger partial charge on any atom is -0.481 e. The normalized spacial score (nSPS) is 11.3. The maximum Gasteiger partial charge on any atom is 0.307 e. The Morgan fingerprint density at radius 2 is 1.72 bits per heavy atom. The van der Waals surface area contributed by atoms with E-state index in [1.54, 1.807) is 12.1 Å². The highest BCUT2D eigenvalue weighted by molar-refractivity contribution is 9.11. The maximum absolute atomic E-state index is 11.0. The van der Waals surface area contributed by atoms with E-state index in [1.165, 1.54) is 5.56 Å². The highest BCUT2D eigenvalue weighted by Gasteiger charge is 2.16. The van der Waals surface area contributed by atoms with E-state index < -0.39 is 5.97 Å². The number of carboxylic acids is 1. The average molecular weight is 558 g/mol. The van der Waals surface area contributed by atoms with E-state index in [4.69, 9.17) is 14.8 Å². The number of nitrogens with zero attached hydrogens (tertiary/aromatic N) is 2. The summed E-state index contributed by atoms with van der Waals surface area (Å²) in [6.45, 7) is 5.05. The number of fused-ring (bicyclic) bond motifs is 1. The van der Waals surface area contributed by atoms with Crippen LogP contribution in [0.5, 0.6) is 11.5 Å². The molecule has 164 valence electrons. The van der Waals surface area contributed by atoms with Crippen molar-refractivity contribution < 1.29 is 14.6 Å². The van der Waals surface area contributed by atoms with Crippen molar-refractivity contribution in [2.24, 2.45) is 0 Å². The van der Waals surface area contributed by atoms with Crippen molar-refractivity contribution in [3.8, 4) is 11.5 Å². The molecule has 1 aromatic heterocycles. The molecule has 0 aliphatic heterocycles. The van der Waals surface area contributed by atoms with Crippen LogP contribution in [-0.4, -0.2) is 20.6 Å². The second-order valence-corrected chi connectivity index (χ2v) is 9.62. The van der Waals surface area contributed by atoms with Gasteiger partial charge in [-0.15, -0.1) is 0 Å². The lowest BCUT2D eigenvalue weighted by Crippen LogP contribution is -2.06. The number of aromatic nitrogens is 2. The molecular formula is C25H22Br2N2O3. The minimum absolute atomic E-state index is 0.0553. The van der Waals surface area contributed by atoms with Crippen molar-refractivity contribution in [1.29, 1.82) is 0 Å². The Balaban J connectivity index is 1.68. The zero-order valence-electron chi connectivity index (χ0n) is 17.7. The lowest BCUT2D eigenvalue weighted by molar-refractivity contribution is -0.136. The first-order valence-electron chi connectivity index (χ1n) is 10.2. The number of imidazole rings is 1. The first-order chi connectivity index (χ1) is 15.3. The van der Waals surface area contributed by atoms with Gasteiger partial charge >= 0.3 is 5.97 Å². The molecule has 0 spiro atoms. The second kappa shape index (κ2) is 9.46. The van der Waals surface area contributed by atoms with Gasteiger partial charge in [0.05, 0.1) is 26.4 Å². The topological polar surface area (TPSA) is 64.3 Å². The quantitative estimate of drug-likeness (QED) is 0.262. The largest absolute Gasteiger partial charge is 0.481 e. The van der Waals surface area contributed by atoms with Gasteiger partial charge in [-0.05, 0) is 67.3 Å². The van der Waals surface area contributed by atoms with Crippen LogP contribution in [0.4, 0.5) is 0 Å². The zero-order valence-corrected chi connectivity index (χ0v) is 20.9. The molecule has 3 aromatic carbocycles. The van der Waals surface area contributed by atoms with E-state index in [0.29, 0.717) is 26.0 Å². The number of rotatable bonds is 7. The lowest BCUT2D eigenvalue weighted by atomic mass is 10.1. The van der Waals surface area contributed by atoms with E-state index in [0.717, 1.165) is 23.4 Å². The molecule has 0 saturated carbocycles. The molecule has 7 heteroatoms. The van der Waals surface area contributed by atoms with Gasteiger partial charge in [-0.3, -0.25) is 4.79 Å². The number of ether oxygens (including phenoxy) is 1. The molecule has 0 atom stereocenters. The minimum atomic E-state index is -0.880. The molecule has 0 bridgehead atoms. The monoisotopic (exact) mass is 556 g/mol. The van der Waals surface area contributed by atoms with Crippen LogP contribution in [0.25, 0.3) is 11.0 Å². The van der Waals surface area contributed by atoms with E-state index >= 15 is 0 Å². The van der Waals surface area contributed by atoms with Gasteiger partial charge in [-0.1, -0.05) is 44.2 Å². The van der Waals surface area contributed by atoms with Crippen molar-refractivity contribution in [3.63, 3.8) is 0 Å². The molecular weight excluding hydrogens is 536 g/mol. The molecule has 5 nitrogen and oxygen atoms in total. The van der Waals surface area contributed by atoms with Crippen LogP contribution >= 0.6 is 31.9 Å². The van der Waals surface area contributed by atoms with E-state index in [-0.39, 0.29) is 12.3 Å². The van der Waals surface area contributed by atoms with Crippen LogP contribution in [0.15, 0.2) is 69.6 Å². The Kier molecular flexibility index (Phi) is 6.67. The summed E-state index contributed by atoms with van der Waals surface area (Å²) in [4.78, 5) is 15.9. The van der Waals surface area contributed by atoms with E-state index in [2.05, 4.69) is 62.4 Å². The van der Waals surface area contributed by atoms with Crippen molar-refractivity contribution in [2.45, 2.75) is 32.7 Å². The number of hydrogen-bond donors (Lipinski definition) is 1. The van der Waals surface area contributed by atoms with E-state index in [9.17, 15) is 4.79 Å². The zero-order chi connectivity index (χ0) is 22.8. The third kappa shape index (κ3) is 4.89. The van der Waals surface area contributed by atoms with Crippen molar-refractivity contribution >= 4 is 48.9 Å². The summed E-state index contributed by atoms with van der Waals surface area (Å²) in [6.07, 6.45) is -0.0553. The predicted molar refractivity (Wildman–Crippen MR) is 133 cm³/mol. The molecule has 4 rings (SSSR count). The molecule has 0 amide bonds. The molecule has 0 saturated heterocycles. The number of aliphatic carboxylic acids is 1. The Hall–Kier alpha value is -2.64. The average Bonchev–Trinajstić information content (AvgIpc) is 3.09. The smallest absolute Gasteiger partial charge is 0.307 e. The van der Waals surface area contributed by atoms with Gasteiger partial charge in [-0.25, -0.2) is 4.98 Å². The van der Waals surface area contributed by atoms with Crippen LogP contribution in [-0.2, 0) is 17.8 Å². The third-order valence-electron chi connectivity index (χ3n) is 5.08. The summed E-state index contributed by atoms with van der Waals surface area (Å²) in [5.74, 6) is 1.67. The highest BCUT2D eigenvalue weighted by Crippen LogP contribution is 2.39. The van der Waals surface area contributed by atoms with Gasteiger partial charge in [0.15, 0.2) is 5.75 Å². The Bertz CT molecular complexity index is 1260. The van der Waals surface area contributed by atoms with Gasteiger partial charge in [0.1, 0.15) is 11.6 Å². The Morgan fingerprint density at radius 3 is 2.34 bits per heavy atom. The maximum atomic E-state index is 11.0. The first-order valence-corrected chi connectivity index (χ1v) is 11.8. The molecule has 1 N–H and O–H groups in total. The van der Waals surface area contributed by atoms with Crippen LogP contribution < -0.4 is 4.74 Å².